The Morgan fingerprint density at radius 1 is 1.15 bits per heavy atom. The largest absolute Gasteiger partial charge is 0.493 e. The van der Waals surface area contributed by atoms with Crippen molar-refractivity contribution in [3.8, 4) is 17.6 Å². The monoisotopic (exact) mass is 544 g/mol. The van der Waals surface area contributed by atoms with Crippen molar-refractivity contribution in [1.82, 2.24) is 0 Å². The first-order valence-electron chi connectivity index (χ1n) is 9.74. The van der Waals surface area contributed by atoms with Crippen molar-refractivity contribution >= 4 is 56.8 Å². The molecule has 0 aromatic heterocycles. The lowest BCUT2D eigenvalue weighted by molar-refractivity contribution is -0.112. The van der Waals surface area contributed by atoms with E-state index in [0.717, 1.165) is 11.1 Å². The molecule has 0 heterocycles. The Bertz CT molecular complexity index is 1270. The Morgan fingerprint density at radius 3 is 2.61 bits per heavy atom. The number of hydrogen-bond donors (Lipinski definition) is 1. The highest BCUT2D eigenvalue weighted by Crippen LogP contribution is 2.35. The van der Waals surface area contributed by atoms with Gasteiger partial charge in [-0.1, -0.05) is 57.3 Å². The number of carbonyl (C=O) groups is 1. The first-order valence-corrected chi connectivity index (χ1v) is 11.3. The summed E-state index contributed by atoms with van der Waals surface area (Å²) < 4.78 is 12.0. The van der Waals surface area contributed by atoms with Crippen LogP contribution in [-0.2, 0) is 11.4 Å². The zero-order valence-electron chi connectivity index (χ0n) is 17.8. The van der Waals surface area contributed by atoms with Gasteiger partial charge < -0.3 is 14.8 Å². The highest BCUT2D eigenvalue weighted by Gasteiger charge is 2.14. The summed E-state index contributed by atoms with van der Waals surface area (Å²) in [4.78, 5) is 12.6. The van der Waals surface area contributed by atoms with E-state index in [-0.39, 0.29) is 12.2 Å². The smallest absolute Gasteiger partial charge is 0.266 e. The van der Waals surface area contributed by atoms with E-state index in [0.29, 0.717) is 37.3 Å². The van der Waals surface area contributed by atoms with Crippen molar-refractivity contribution in [2.24, 2.45) is 0 Å². The van der Waals surface area contributed by atoms with Crippen molar-refractivity contribution < 1.29 is 14.3 Å². The van der Waals surface area contributed by atoms with Gasteiger partial charge in [0, 0.05) is 25.8 Å². The molecule has 0 aliphatic heterocycles. The number of benzene rings is 3. The van der Waals surface area contributed by atoms with Gasteiger partial charge in [0.2, 0.25) is 0 Å². The van der Waals surface area contributed by atoms with Gasteiger partial charge in [-0.15, -0.1) is 0 Å². The zero-order valence-corrected chi connectivity index (χ0v) is 20.9. The van der Waals surface area contributed by atoms with Crippen molar-refractivity contribution in [2.45, 2.75) is 13.5 Å². The summed E-state index contributed by atoms with van der Waals surface area (Å²) in [7, 11) is 1.51. The summed E-state index contributed by atoms with van der Waals surface area (Å²) in [6.07, 6.45) is 1.48. The van der Waals surface area contributed by atoms with E-state index >= 15 is 0 Å². The SMILES string of the molecule is COc1cc(/C=C(/C#N)C(=O)Nc2cccc(C)c2)c(Br)cc1OCc1ccc(Cl)cc1Cl. The summed E-state index contributed by atoms with van der Waals surface area (Å²) in [6.45, 7) is 2.13. The molecule has 1 amide bonds. The van der Waals surface area contributed by atoms with Gasteiger partial charge >= 0.3 is 0 Å². The zero-order chi connectivity index (χ0) is 24.0. The number of rotatable bonds is 7. The number of aryl methyl sites for hydroxylation is 1. The topological polar surface area (TPSA) is 71.3 Å². The van der Waals surface area contributed by atoms with Crippen LogP contribution in [0.15, 0.2) is 64.6 Å². The fraction of sp³-hybridized carbons (Fsp3) is 0.120. The Morgan fingerprint density at radius 2 is 1.94 bits per heavy atom. The van der Waals surface area contributed by atoms with Crippen LogP contribution in [-0.4, -0.2) is 13.0 Å². The highest BCUT2D eigenvalue weighted by molar-refractivity contribution is 9.10. The second-order valence-corrected chi connectivity index (χ2v) is 8.74. The molecule has 0 spiro atoms. The Hall–Kier alpha value is -2.98. The third-order valence-electron chi connectivity index (χ3n) is 4.62. The number of nitrogens with one attached hydrogen (secondary N) is 1. The molecule has 0 aliphatic rings. The number of amides is 1. The molecule has 3 aromatic rings. The number of nitrogens with zero attached hydrogens (tertiary/aromatic N) is 1. The standard InChI is InChI=1S/C25H19BrCl2N2O3/c1-15-4-3-5-20(8-15)30-25(31)18(13-29)9-17-10-23(32-2)24(12-21(17)26)33-14-16-6-7-19(27)11-22(16)28/h3-12H,14H2,1-2H3,(H,30,31)/b18-9-. The number of nitriles is 1. The molecule has 0 aliphatic carbocycles. The molecule has 0 saturated carbocycles. The lowest BCUT2D eigenvalue weighted by atomic mass is 10.1. The molecule has 33 heavy (non-hydrogen) atoms. The molecule has 168 valence electrons. The van der Waals surface area contributed by atoms with Gasteiger partial charge in [-0.05, 0) is 60.5 Å². The van der Waals surface area contributed by atoms with Gasteiger partial charge in [-0.25, -0.2) is 0 Å². The molecule has 0 unspecified atom stereocenters. The first-order chi connectivity index (χ1) is 15.8. The van der Waals surface area contributed by atoms with Crippen LogP contribution in [0.3, 0.4) is 0 Å². The normalized spacial score (nSPS) is 11.0. The fourth-order valence-electron chi connectivity index (χ4n) is 2.95. The molecule has 3 rings (SSSR count). The van der Waals surface area contributed by atoms with Crippen LogP contribution in [0, 0.1) is 18.3 Å². The molecule has 3 aromatic carbocycles. The minimum absolute atomic E-state index is 0.0547. The summed E-state index contributed by atoms with van der Waals surface area (Å²) >= 11 is 15.6. The van der Waals surface area contributed by atoms with Crippen molar-refractivity contribution in [3.63, 3.8) is 0 Å². The number of ether oxygens (including phenoxy) is 2. The van der Waals surface area contributed by atoms with E-state index in [9.17, 15) is 10.1 Å². The van der Waals surface area contributed by atoms with E-state index < -0.39 is 5.91 Å². The molecule has 0 atom stereocenters. The first kappa shape index (κ1) is 24.7. The van der Waals surface area contributed by atoms with E-state index in [4.69, 9.17) is 32.7 Å². The molecule has 0 saturated heterocycles. The Balaban J connectivity index is 1.83. The number of methoxy groups -OCH3 is 1. The van der Waals surface area contributed by atoms with Gasteiger partial charge in [-0.2, -0.15) is 5.26 Å². The third-order valence-corrected chi connectivity index (χ3v) is 5.90. The molecule has 8 heteroatoms. The predicted octanol–water partition coefficient (Wildman–Crippen LogP) is 7.20. The summed E-state index contributed by atoms with van der Waals surface area (Å²) in [5.41, 5.74) is 2.91. The maximum absolute atomic E-state index is 12.6. The second-order valence-electron chi connectivity index (χ2n) is 7.04. The minimum atomic E-state index is -0.508. The van der Waals surface area contributed by atoms with Crippen LogP contribution in [0.2, 0.25) is 10.0 Å². The van der Waals surface area contributed by atoms with Gasteiger partial charge in [0.05, 0.1) is 7.11 Å². The lowest BCUT2D eigenvalue weighted by Gasteiger charge is -2.14. The van der Waals surface area contributed by atoms with E-state index in [1.165, 1.54) is 13.2 Å². The van der Waals surface area contributed by atoms with Crippen LogP contribution in [0.1, 0.15) is 16.7 Å². The second kappa shape index (κ2) is 11.2. The molecular weight excluding hydrogens is 527 g/mol. The van der Waals surface area contributed by atoms with Crippen molar-refractivity contribution in [2.75, 3.05) is 12.4 Å². The number of carbonyl (C=O) groups excluding carboxylic acids is 1. The molecule has 0 fully saturated rings. The van der Waals surface area contributed by atoms with Crippen LogP contribution >= 0.6 is 39.1 Å². The highest BCUT2D eigenvalue weighted by atomic mass is 79.9. The molecule has 5 nitrogen and oxygen atoms in total. The van der Waals surface area contributed by atoms with Crippen molar-refractivity contribution in [1.29, 1.82) is 5.26 Å². The summed E-state index contributed by atoms with van der Waals surface area (Å²) in [5, 5.41) is 13.3. The van der Waals surface area contributed by atoms with Crippen LogP contribution in [0.4, 0.5) is 5.69 Å². The Kier molecular flexibility index (Phi) is 8.40. The van der Waals surface area contributed by atoms with Crippen molar-refractivity contribution in [3.05, 3.63) is 91.4 Å². The maximum Gasteiger partial charge on any atom is 0.266 e. The minimum Gasteiger partial charge on any atom is -0.493 e. The maximum atomic E-state index is 12.6. The third kappa shape index (κ3) is 6.52. The average molecular weight is 546 g/mol. The molecular formula is C25H19BrCl2N2O3. The number of anilines is 1. The molecule has 1 N–H and O–H groups in total. The van der Waals surface area contributed by atoms with Gasteiger partial charge in [0.1, 0.15) is 18.2 Å². The van der Waals surface area contributed by atoms with E-state index in [1.54, 1.807) is 36.4 Å². The Labute approximate surface area is 210 Å². The number of halogens is 3. The van der Waals surface area contributed by atoms with Crippen LogP contribution < -0.4 is 14.8 Å². The van der Waals surface area contributed by atoms with E-state index in [2.05, 4.69) is 21.2 Å². The lowest BCUT2D eigenvalue weighted by Crippen LogP contribution is -2.13. The predicted molar refractivity (Wildman–Crippen MR) is 135 cm³/mol. The van der Waals surface area contributed by atoms with Gasteiger partial charge in [0.25, 0.3) is 5.91 Å². The van der Waals surface area contributed by atoms with Crippen LogP contribution in [0.5, 0.6) is 11.5 Å². The number of hydrogen-bond acceptors (Lipinski definition) is 4. The van der Waals surface area contributed by atoms with Gasteiger partial charge in [-0.3, -0.25) is 4.79 Å². The van der Waals surface area contributed by atoms with E-state index in [1.807, 2.05) is 31.2 Å². The summed E-state index contributed by atoms with van der Waals surface area (Å²) in [6, 6.07) is 17.9. The average Bonchev–Trinajstić information content (AvgIpc) is 2.77. The quantitative estimate of drug-likeness (QED) is 0.252. The van der Waals surface area contributed by atoms with Crippen LogP contribution in [0.25, 0.3) is 6.08 Å². The summed E-state index contributed by atoms with van der Waals surface area (Å²) in [5.74, 6) is 0.396. The van der Waals surface area contributed by atoms with Gasteiger partial charge in [0.15, 0.2) is 11.5 Å². The fourth-order valence-corrected chi connectivity index (χ4v) is 3.85. The molecule has 0 radical (unpaired) electrons. The molecule has 0 bridgehead atoms.